The standard InChI is InChI=1S/C16H32N2/c1-14-5-7-15(8-6-14)9-12-18-11-4-10-17-16(2,3)13-18/h14-15,17H,4-13H2,1-3H3. The van der Waals surface area contributed by atoms with Crippen LogP contribution < -0.4 is 5.32 Å². The topological polar surface area (TPSA) is 15.3 Å². The molecule has 106 valence electrons. The van der Waals surface area contributed by atoms with E-state index in [0.29, 0.717) is 5.54 Å². The second-order valence-electron chi connectivity index (χ2n) is 7.35. The van der Waals surface area contributed by atoms with E-state index in [-0.39, 0.29) is 0 Å². The maximum atomic E-state index is 3.65. The van der Waals surface area contributed by atoms with Crippen LogP contribution in [0.4, 0.5) is 0 Å². The molecule has 1 aliphatic carbocycles. The first kappa shape index (κ1) is 14.3. The number of hydrogen-bond acceptors (Lipinski definition) is 2. The maximum absolute atomic E-state index is 3.65. The van der Waals surface area contributed by atoms with Crippen molar-refractivity contribution >= 4 is 0 Å². The van der Waals surface area contributed by atoms with Crippen LogP contribution in [0.1, 0.15) is 59.3 Å². The van der Waals surface area contributed by atoms with Crippen LogP contribution in [0.3, 0.4) is 0 Å². The molecule has 2 fully saturated rings. The summed E-state index contributed by atoms with van der Waals surface area (Å²) in [5.74, 6) is 2.00. The molecular formula is C16H32N2. The smallest absolute Gasteiger partial charge is 0.0252 e. The number of nitrogens with zero attached hydrogens (tertiary/aromatic N) is 1. The highest BCUT2D eigenvalue weighted by Gasteiger charge is 2.25. The normalized spacial score (nSPS) is 34.2. The lowest BCUT2D eigenvalue weighted by Gasteiger charge is -2.32. The molecule has 0 aromatic carbocycles. The molecule has 0 spiro atoms. The molecule has 1 aliphatic heterocycles. The molecule has 0 aromatic rings. The zero-order valence-corrected chi connectivity index (χ0v) is 12.7. The Labute approximate surface area is 114 Å². The lowest BCUT2D eigenvalue weighted by atomic mass is 9.81. The minimum absolute atomic E-state index is 0.303. The molecule has 2 aliphatic rings. The van der Waals surface area contributed by atoms with E-state index in [2.05, 4.69) is 31.0 Å². The van der Waals surface area contributed by atoms with Crippen LogP contribution in [0.5, 0.6) is 0 Å². The third kappa shape index (κ3) is 4.55. The van der Waals surface area contributed by atoms with Gasteiger partial charge >= 0.3 is 0 Å². The average molecular weight is 252 g/mol. The van der Waals surface area contributed by atoms with Gasteiger partial charge < -0.3 is 10.2 Å². The van der Waals surface area contributed by atoms with Crippen molar-refractivity contribution in [3.8, 4) is 0 Å². The van der Waals surface area contributed by atoms with Crippen molar-refractivity contribution in [1.82, 2.24) is 10.2 Å². The third-order valence-corrected chi connectivity index (χ3v) is 4.86. The number of hydrogen-bond donors (Lipinski definition) is 1. The van der Waals surface area contributed by atoms with Gasteiger partial charge in [0.2, 0.25) is 0 Å². The fraction of sp³-hybridized carbons (Fsp3) is 1.00. The second kappa shape index (κ2) is 6.38. The zero-order chi connectivity index (χ0) is 13.0. The summed E-state index contributed by atoms with van der Waals surface area (Å²) in [5, 5.41) is 3.65. The fourth-order valence-corrected chi connectivity index (χ4v) is 3.60. The molecule has 1 saturated carbocycles. The van der Waals surface area contributed by atoms with Gasteiger partial charge in [0, 0.05) is 12.1 Å². The van der Waals surface area contributed by atoms with Gasteiger partial charge in [-0.3, -0.25) is 0 Å². The zero-order valence-electron chi connectivity index (χ0n) is 12.7. The molecule has 0 bridgehead atoms. The van der Waals surface area contributed by atoms with Gasteiger partial charge in [0.1, 0.15) is 0 Å². The van der Waals surface area contributed by atoms with Gasteiger partial charge in [-0.15, -0.1) is 0 Å². The Bertz CT molecular complexity index is 241. The van der Waals surface area contributed by atoms with Crippen LogP contribution in [0.15, 0.2) is 0 Å². The summed E-state index contributed by atoms with van der Waals surface area (Å²) in [5.41, 5.74) is 0.303. The quantitative estimate of drug-likeness (QED) is 0.829. The van der Waals surface area contributed by atoms with E-state index in [1.165, 1.54) is 64.7 Å². The Hall–Kier alpha value is -0.0800. The van der Waals surface area contributed by atoms with E-state index in [1.54, 1.807) is 0 Å². The molecule has 0 amide bonds. The fourth-order valence-electron chi connectivity index (χ4n) is 3.60. The van der Waals surface area contributed by atoms with Crippen LogP contribution in [0.2, 0.25) is 0 Å². The van der Waals surface area contributed by atoms with Crippen molar-refractivity contribution in [3.63, 3.8) is 0 Å². The van der Waals surface area contributed by atoms with Crippen LogP contribution in [-0.2, 0) is 0 Å². The van der Waals surface area contributed by atoms with Gasteiger partial charge in [0.15, 0.2) is 0 Å². The van der Waals surface area contributed by atoms with Gasteiger partial charge in [-0.1, -0.05) is 32.6 Å². The molecule has 0 aromatic heterocycles. The van der Waals surface area contributed by atoms with Crippen LogP contribution in [0.25, 0.3) is 0 Å². The first-order chi connectivity index (χ1) is 8.55. The van der Waals surface area contributed by atoms with Crippen LogP contribution >= 0.6 is 0 Å². The molecule has 2 heteroatoms. The van der Waals surface area contributed by atoms with Crippen molar-refractivity contribution in [2.45, 2.75) is 64.8 Å². The molecule has 1 N–H and O–H groups in total. The van der Waals surface area contributed by atoms with Crippen LogP contribution in [-0.4, -0.2) is 36.6 Å². The average Bonchev–Trinajstić information content (AvgIpc) is 2.49. The predicted molar refractivity (Wildman–Crippen MR) is 78.9 cm³/mol. The Kier molecular flexibility index (Phi) is 5.08. The summed E-state index contributed by atoms with van der Waals surface area (Å²) in [6.45, 7) is 12.1. The monoisotopic (exact) mass is 252 g/mol. The molecule has 0 atom stereocenters. The summed E-state index contributed by atoms with van der Waals surface area (Å²) in [7, 11) is 0. The molecule has 1 saturated heterocycles. The van der Waals surface area contributed by atoms with Crippen molar-refractivity contribution in [2.75, 3.05) is 26.2 Å². The highest BCUT2D eigenvalue weighted by atomic mass is 15.2. The summed E-state index contributed by atoms with van der Waals surface area (Å²) >= 11 is 0. The Morgan fingerprint density at radius 1 is 1.17 bits per heavy atom. The van der Waals surface area contributed by atoms with Crippen LogP contribution in [0, 0.1) is 11.8 Å². The Balaban J connectivity index is 1.72. The molecule has 2 rings (SSSR count). The predicted octanol–water partition coefficient (Wildman–Crippen LogP) is 3.28. The first-order valence-corrected chi connectivity index (χ1v) is 8.02. The summed E-state index contributed by atoms with van der Waals surface area (Å²) in [4.78, 5) is 2.69. The Morgan fingerprint density at radius 3 is 2.61 bits per heavy atom. The molecule has 0 unspecified atom stereocenters. The molecule has 2 nitrogen and oxygen atoms in total. The van der Waals surface area contributed by atoms with Crippen molar-refractivity contribution in [1.29, 1.82) is 0 Å². The Morgan fingerprint density at radius 2 is 1.89 bits per heavy atom. The van der Waals surface area contributed by atoms with E-state index < -0.39 is 0 Å². The van der Waals surface area contributed by atoms with Crippen molar-refractivity contribution < 1.29 is 0 Å². The lowest BCUT2D eigenvalue weighted by Crippen LogP contribution is -2.46. The maximum Gasteiger partial charge on any atom is 0.0252 e. The van der Waals surface area contributed by atoms with Gasteiger partial charge in [0.25, 0.3) is 0 Å². The highest BCUT2D eigenvalue weighted by molar-refractivity contribution is 4.85. The minimum Gasteiger partial charge on any atom is -0.310 e. The minimum atomic E-state index is 0.303. The van der Waals surface area contributed by atoms with Crippen molar-refractivity contribution in [2.24, 2.45) is 11.8 Å². The van der Waals surface area contributed by atoms with Gasteiger partial charge in [-0.05, 0) is 58.2 Å². The van der Waals surface area contributed by atoms with Gasteiger partial charge in [-0.2, -0.15) is 0 Å². The van der Waals surface area contributed by atoms with E-state index in [9.17, 15) is 0 Å². The number of rotatable bonds is 3. The molecule has 1 heterocycles. The lowest BCUT2D eigenvalue weighted by molar-refractivity contribution is 0.195. The summed E-state index contributed by atoms with van der Waals surface area (Å²) < 4.78 is 0. The molecular weight excluding hydrogens is 220 g/mol. The molecule has 0 radical (unpaired) electrons. The van der Waals surface area contributed by atoms with E-state index >= 15 is 0 Å². The number of nitrogens with one attached hydrogen (secondary N) is 1. The second-order valence-corrected chi connectivity index (χ2v) is 7.35. The van der Waals surface area contributed by atoms with E-state index in [4.69, 9.17) is 0 Å². The SMILES string of the molecule is CC1CCC(CCN2CCCNC(C)(C)C2)CC1. The summed E-state index contributed by atoms with van der Waals surface area (Å²) in [6, 6.07) is 0. The van der Waals surface area contributed by atoms with E-state index in [0.717, 1.165) is 11.8 Å². The third-order valence-electron chi connectivity index (χ3n) is 4.86. The highest BCUT2D eigenvalue weighted by Crippen LogP contribution is 2.30. The first-order valence-electron chi connectivity index (χ1n) is 8.02. The van der Waals surface area contributed by atoms with Gasteiger partial charge in [0.05, 0.1) is 0 Å². The largest absolute Gasteiger partial charge is 0.310 e. The molecule has 18 heavy (non-hydrogen) atoms. The summed E-state index contributed by atoms with van der Waals surface area (Å²) in [6.07, 6.45) is 8.65. The van der Waals surface area contributed by atoms with E-state index in [1.807, 2.05) is 0 Å². The van der Waals surface area contributed by atoms with Crippen molar-refractivity contribution in [3.05, 3.63) is 0 Å². The van der Waals surface area contributed by atoms with Gasteiger partial charge in [-0.25, -0.2) is 0 Å².